The number of aromatic nitrogens is 2. The fraction of sp³-hybridized carbons (Fsp3) is 0.543. The Kier molecular flexibility index (Phi) is 8.20. The van der Waals surface area contributed by atoms with E-state index in [1.807, 2.05) is 37.3 Å². The number of fused-ring (bicyclic) bond motifs is 3. The molecule has 1 amide bonds. The van der Waals surface area contributed by atoms with Gasteiger partial charge in [-0.15, -0.1) is 0 Å². The van der Waals surface area contributed by atoms with Gasteiger partial charge in [0.25, 0.3) is 5.56 Å². The third-order valence-corrected chi connectivity index (χ3v) is 11.5. The number of amides is 1. The monoisotopic (exact) mass is 663 g/mol. The molecule has 9 nitrogen and oxygen atoms in total. The Morgan fingerprint density at radius 2 is 1.91 bits per heavy atom. The van der Waals surface area contributed by atoms with Crippen molar-refractivity contribution in [3.63, 3.8) is 0 Å². The zero-order chi connectivity index (χ0) is 32.3. The van der Waals surface area contributed by atoms with Crippen LogP contribution >= 0.6 is 23.2 Å². The van der Waals surface area contributed by atoms with Crippen LogP contribution in [-0.2, 0) is 17.8 Å². The second-order valence-corrected chi connectivity index (χ2v) is 15.3. The summed E-state index contributed by atoms with van der Waals surface area (Å²) in [6.07, 6.45) is 5.02. The van der Waals surface area contributed by atoms with Crippen LogP contribution in [0.5, 0.6) is 0 Å². The Labute approximate surface area is 280 Å². The van der Waals surface area contributed by atoms with Crippen molar-refractivity contribution in [3.8, 4) is 0 Å². The van der Waals surface area contributed by atoms with Gasteiger partial charge in [-0.3, -0.25) is 14.2 Å². The van der Waals surface area contributed by atoms with Gasteiger partial charge in [-0.05, 0) is 98.1 Å². The molecule has 5 aliphatic rings. The van der Waals surface area contributed by atoms with Crippen LogP contribution < -0.4 is 21.5 Å². The molecule has 1 aliphatic heterocycles. The molecule has 46 heavy (non-hydrogen) atoms. The van der Waals surface area contributed by atoms with Crippen molar-refractivity contribution < 1.29 is 4.79 Å². The highest BCUT2D eigenvalue weighted by atomic mass is 35.5. The number of rotatable bonds is 7. The third-order valence-electron chi connectivity index (χ3n) is 10.9. The first-order valence-electron chi connectivity index (χ1n) is 16.6. The minimum atomic E-state index is -0.0990. The molecular weight excluding hydrogens is 621 g/mol. The van der Waals surface area contributed by atoms with Gasteiger partial charge in [-0.2, -0.15) is 0 Å². The maximum absolute atomic E-state index is 13.9. The number of aryl methyl sites for hydroxylation is 1. The third kappa shape index (κ3) is 6.08. The zero-order valence-corrected chi connectivity index (χ0v) is 28.5. The smallest absolute Gasteiger partial charge is 0.262 e. The highest BCUT2D eigenvalue weighted by Crippen LogP contribution is 2.61. The van der Waals surface area contributed by atoms with Gasteiger partial charge in [-0.25, -0.2) is 9.98 Å². The van der Waals surface area contributed by atoms with Gasteiger partial charge < -0.3 is 20.9 Å². The molecule has 0 spiro atoms. The largest absolute Gasteiger partial charge is 0.353 e. The van der Waals surface area contributed by atoms with E-state index in [-0.39, 0.29) is 30.1 Å². The van der Waals surface area contributed by atoms with E-state index < -0.39 is 0 Å². The highest BCUT2D eigenvalue weighted by molar-refractivity contribution is 6.35. The summed E-state index contributed by atoms with van der Waals surface area (Å²) in [4.78, 5) is 38.8. The number of hydrogen-bond donors (Lipinski definition) is 3. The van der Waals surface area contributed by atoms with Crippen LogP contribution in [0.25, 0.3) is 10.9 Å². The van der Waals surface area contributed by atoms with E-state index >= 15 is 0 Å². The number of aliphatic imine (C=N–C) groups is 1. The van der Waals surface area contributed by atoms with E-state index in [4.69, 9.17) is 33.2 Å². The lowest BCUT2D eigenvalue weighted by Crippen LogP contribution is -2.58. The molecule has 0 radical (unpaired) electrons. The zero-order valence-electron chi connectivity index (χ0n) is 26.9. The number of guanidine groups is 1. The standard InChI is InChI=1S/C35H43Cl2N7O2/c1-19-17-43(18-31(45)38-19)33(41-29-14-22-13-27(20(29)2)35(22,3)4)40-25-9-10-26-30(16-25)42-34(39-24-7-8-24)44(32(26)46)12-11-21-5-6-23(36)15-28(21)37/h5-6,9-10,15-16,19-20,22,24,27,29H,7-8,11-14,17-18H2,1-4H3,(H,38,45)(H,39,42)(H,40,41)/t19-,20-,22+,27-,29?/m0/s1. The van der Waals surface area contributed by atoms with Crippen LogP contribution in [0.15, 0.2) is 46.2 Å². The SMILES string of the molecule is C[C@@H]1C(/N=C(/Nc2ccc3c(=O)n(CCc4ccc(Cl)cc4Cl)c(NC4CC4)nc3c2)N2CC(=O)N[C@@H](C)C2)C[C@H]2C[C@@H]1C2(C)C. The van der Waals surface area contributed by atoms with Gasteiger partial charge in [-0.1, -0.05) is 50.0 Å². The Hall–Kier alpha value is -3.30. The molecule has 2 bridgehead atoms. The van der Waals surface area contributed by atoms with Gasteiger partial charge in [0, 0.05) is 40.9 Å². The average Bonchev–Trinajstić information content (AvgIpc) is 3.81. The molecule has 3 N–H and O–H groups in total. The first-order chi connectivity index (χ1) is 22.0. The summed E-state index contributed by atoms with van der Waals surface area (Å²) >= 11 is 12.5. The number of piperazine rings is 1. The summed E-state index contributed by atoms with van der Waals surface area (Å²) in [5.41, 5.74) is 2.59. The Morgan fingerprint density at radius 3 is 2.61 bits per heavy atom. The number of carbonyl (C=O) groups is 1. The fourth-order valence-corrected chi connectivity index (χ4v) is 8.35. The van der Waals surface area contributed by atoms with Crippen molar-refractivity contribution >= 4 is 57.6 Å². The van der Waals surface area contributed by atoms with Crippen LogP contribution in [0.3, 0.4) is 0 Å². The number of halogens is 2. The minimum Gasteiger partial charge on any atom is -0.353 e. The second kappa shape index (κ2) is 12.1. The molecule has 1 aromatic heterocycles. The summed E-state index contributed by atoms with van der Waals surface area (Å²) in [5, 5.41) is 11.8. The lowest BCUT2D eigenvalue weighted by molar-refractivity contribution is -0.124. The molecule has 2 heterocycles. The molecule has 11 heteroatoms. The van der Waals surface area contributed by atoms with Gasteiger partial charge in [0.15, 0.2) is 5.96 Å². The van der Waals surface area contributed by atoms with E-state index in [0.717, 1.165) is 30.5 Å². The topological polar surface area (TPSA) is 104 Å². The van der Waals surface area contributed by atoms with E-state index in [2.05, 4.69) is 41.6 Å². The minimum absolute atomic E-state index is 0.00895. The number of anilines is 2. The Balaban J connectivity index is 1.20. The van der Waals surface area contributed by atoms with E-state index in [0.29, 0.717) is 81.6 Å². The summed E-state index contributed by atoms with van der Waals surface area (Å²) < 4.78 is 1.72. The summed E-state index contributed by atoms with van der Waals surface area (Å²) in [6.45, 7) is 10.5. The Bertz CT molecular complexity index is 1770. The van der Waals surface area contributed by atoms with Crippen LogP contribution in [0, 0.1) is 23.2 Å². The van der Waals surface area contributed by atoms with Crippen molar-refractivity contribution in [2.45, 2.75) is 84.5 Å². The lowest BCUT2D eigenvalue weighted by atomic mass is 9.45. The van der Waals surface area contributed by atoms with Crippen molar-refractivity contribution in [1.82, 2.24) is 19.8 Å². The molecule has 1 unspecified atom stereocenters. The van der Waals surface area contributed by atoms with Gasteiger partial charge in [0.2, 0.25) is 11.9 Å². The fourth-order valence-electron chi connectivity index (χ4n) is 7.85. The van der Waals surface area contributed by atoms with E-state index in [9.17, 15) is 9.59 Å². The van der Waals surface area contributed by atoms with Crippen molar-refractivity contribution in [2.24, 2.45) is 28.2 Å². The number of hydrogen-bond acceptors (Lipinski definition) is 5. The predicted molar refractivity (Wildman–Crippen MR) is 186 cm³/mol. The number of carbonyl (C=O) groups excluding carboxylic acids is 1. The number of nitrogens with one attached hydrogen (secondary N) is 3. The Morgan fingerprint density at radius 1 is 1.11 bits per heavy atom. The van der Waals surface area contributed by atoms with Gasteiger partial charge >= 0.3 is 0 Å². The van der Waals surface area contributed by atoms with Crippen LogP contribution in [0.2, 0.25) is 10.0 Å². The van der Waals surface area contributed by atoms with Gasteiger partial charge in [0.05, 0.1) is 23.5 Å². The lowest BCUT2D eigenvalue weighted by Gasteiger charge is -2.61. The number of nitrogens with zero attached hydrogens (tertiary/aromatic N) is 4. The highest BCUT2D eigenvalue weighted by Gasteiger charge is 2.56. The van der Waals surface area contributed by atoms with Crippen LogP contribution in [0.4, 0.5) is 11.6 Å². The molecule has 8 rings (SSSR count). The summed E-state index contributed by atoms with van der Waals surface area (Å²) in [5.74, 6) is 3.06. The maximum Gasteiger partial charge on any atom is 0.262 e. The molecule has 1 saturated heterocycles. The molecular formula is C35H43Cl2N7O2. The van der Waals surface area contributed by atoms with Crippen LogP contribution in [0.1, 0.15) is 58.9 Å². The maximum atomic E-state index is 13.9. The van der Waals surface area contributed by atoms with E-state index in [1.165, 1.54) is 6.42 Å². The molecule has 5 fully saturated rings. The molecule has 4 saturated carbocycles. The first kappa shape index (κ1) is 31.3. The number of benzene rings is 2. The summed E-state index contributed by atoms with van der Waals surface area (Å²) in [7, 11) is 0. The predicted octanol–water partition coefficient (Wildman–Crippen LogP) is 6.18. The molecule has 244 valence electrons. The quantitative estimate of drug-likeness (QED) is 0.206. The molecule has 2 aromatic carbocycles. The average molecular weight is 665 g/mol. The van der Waals surface area contributed by atoms with Crippen molar-refractivity contribution in [1.29, 1.82) is 0 Å². The van der Waals surface area contributed by atoms with Crippen molar-refractivity contribution in [3.05, 3.63) is 62.4 Å². The normalized spacial score (nSPS) is 27.3. The summed E-state index contributed by atoms with van der Waals surface area (Å²) in [6, 6.07) is 11.6. The van der Waals surface area contributed by atoms with Gasteiger partial charge in [0.1, 0.15) is 0 Å². The van der Waals surface area contributed by atoms with Crippen LogP contribution in [-0.4, -0.2) is 57.5 Å². The molecule has 4 aliphatic carbocycles. The first-order valence-corrected chi connectivity index (χ1v) is 17.4. The molecule has 3 aromatic rings. The van der Waals surface area contributed by atoms with E-state index in [1.54, 1.807) is 10.6 Å². The molecule has 5 atom stereocenters. The van der Waals surface area contributed by atoms with Crippen molar-refractivity contribution in [2.75, 3.05) is 23.7 Å². The second-order valence-electron chi connectivity index (χ2n) is 14.5.